The van der Waals surface area contributed by atoms with E-state index in [2.05, 4.69) is 69.0 Å². The topological polar surface area (TPSA) is 41.1 Å². The molecule has 3 aromatic carbocycles. The molecule has 0 aromatic heterocycles. The zero-order chi connectivity index (χ0) is 21.8. The van der Waals surface area contributed by atoms with Gasteiger partial charge in [-0.05, 0) is 103 Å². The van der Waals surface area contributed by atoms with Crippen molar-refractivity contribution in [3.05, 3.63) is 93.5 Å². The molecule has 0 spiro atoms. The first-order chi connectivity index (χ1) is 15.6. The number of fused-ring (bicyclic) bond motifs is 7. The number of benzene rings is 3. The van der Waals surface area contributed by atoms with Crippen molar-refractivity contribution in [1.29, 1.82) is 0 Å². The van der Waals surface area contributed by atoms with E-state index < -0.39 is 0 Å². The van der Waals surface area contributed by atoms with E-state index in [0.717, 1.165) is 33.1 Å². The number of carbonyl (C=O) groups excluding carboxylic acids is 1. The number of hydrogen-bond acceptors (Lipinski definition) is 2. The molecular formula is C28H27BrN2O. The first-order valence-corrected chi connectivity index (χ1v) is 12.4. The van der Waals surface area contributed by atoms with Gasteiger partial charge in [0.1, 0.15) is 0 Å². The smallest absolute Gasteiger partial charge is 0.255 e. The number of amides is 1. The number of halogens is 1. The van der Waals surface area contributed by atoms with Crippen LogP contribution in [-0.2, 0) is 0 Å². The highest BCUT2D eigenvalue weighted by molar-refractivity contribution is 9.10. The van der Waals surface area contributed by atoms with E-state index >= 15 is 0 Å². The number of carbonyl (C=O) groups is 1. The van der Waals surface area contributed by atoms with Crippen molar-refractivity contribution in [3.8, 4) is 0 Å². The van der Waals surface area contributed by atoms with Crippen LogP contribution in [0.25, 0.3) is 0 Å². The van der Waals surface area contributed by atoms with Crippen LogP contribution in [0.1, 0.15) is 58.3 Å². The third-order valence-electron chi connectivity index (χ3n) is 7.92. The molecular weight excluding hydrogens is 460 g/mol. The molecule has 3 nitrogen and oxygen atoms in total. The fourth-order valence-electron chi connectivity index (χ4n) is 6.54. The molecule has 1 amide bonds. The number of rotatable bonds is 3. The summed E-state index contributed by atoms with van der Waals surface area (Å²) in [6, 6.07) is 23.4. The van der Waals surface area contributed by atoms with Crippen LogP contribution in [-0.4, -0.2) is 5.91 Å². The molecule has 3 aliphatic rings. The summed E-state index contributed by atoms with van der Waals surface area (Å²) >= 11 is 3.53. The molecule has 2 bridgehead atoms. The molecule has 0 saturated heterocycles. The number of hydrogen-bond donors (Lipinski definition) is 2. The summed E-state index contributed by atoms with van der Waals surface area (Å²) in [7, 11) is 0. The number of anilines is 2. The van der Waals surface area contributed by atoms with Crippen LogP contribution in [0.15, 0.2) is 71.2 Å². The van der Waals surface area contributed by atoms with Gasteiger partial charge in [-0.2, -0.15) is 0 Å². The first kappa shape index (κ1) is 20.0. The molecule has 4 heteroatoms. The van der Waals surface area contributed by atoms with Crippen LogP contribution < -0.4 is 10.6 Å². The van der Waals surface area contributed by atoms with Crippen molar-refractivity contribution in [3.63, 3.8) is 0 Å². The molecule has 2 fully saturated rings. The monoisotopic (exact) mass is 486 g/mol. The number of aryl methyl sites for hydroxylation is 1. The Balaban J connectivity index is 1.34. The SMILES string of the molecule is Cc1cc(NC(=O)c2ccc3c(c2)[C@@H]2[C@H]4CC[C@@H](C4)[C@H]2[C@H](c2ccccc2)N3)ccc1Br. The Kier molecular flexibility index (Phi) is 4.87. The summed E-state index contributed by atoms with van der Waals surface area (Å²) in [5, 5.41) is 6.94. The lowest BCUT2D eigenvalue weighted by Gasteiger charge is -2.43. The molecule has 0 radical (unpaired) electrons. The van der Waals surface area contributed by atoms with Gasteiger partial charge in [0.15, 0.2) is 0 Å². The third kappa shape index (κ3) is 3.27. The van der Waals surface area contributed by atoms with Crippen LogP contribution in [0.5, 0.6) is 0 Å². The highest BCUT2D eigenvalue weighted by Gasteiger charge is 2.53. The highest BCUT2D eigenvalue weighted by Crippen LogP contribution is 2.63. The van der Waals surface area contributed by atoms with E-state index in [0.29, 0.717) is 17.9 Å². The van der Waals surface area contributed by atoms with Gasteiger partial charge in [-0.3, -0.25) is 4.79 Å². The number of nitrogens with one attached hydrogen (secondary N) is 2. The lowest BCUT2D eigenvalue weighted by atomic mass is 9.68. The third-order valence-corrected chi connectivity index (χ3v) is 8.81. The second-order valence-corrected chi connectivity index (χ2v) is 10.5. The molecule has 2 saturated carbocycles. The molecule has 5 atom stereocenters. The molecule has 2 aliphatic carbocycles. The van der Waals surface area contributed by atoms with Crippen molar-refractivity contribution >= 4 is 33.2 Å². The molecule has 1 heterocycles. The molecule has 2 N–H and O–H groups in total. The normalized spacial score (nSPS) is 27.4. The maximum atomic E-state index is 13.1. The Morgan fingerprint density at radius 3 is 2.62 bits per heavy atom. The summed E-state index contributed by atoms with van der Waals surface area (Å²) in [5.41, 5.74) is 6.60. The zero-order valence-corrected chi connectivity index (χ0v) is 19.7. The molecule has 0 unspecified atom stereocenters. The van der Waals surface area contributed by atoms with E-state index in [1.807, 2.05) is 31.2 Å². The summed E-state index contributed by atoms with van der Waals surface area (Å²) in [5.74, 6) is 2.62. The summed E-state index contributed by atoms with van der Waals surface area (Å²) in [6.45, 7) is 2.03. The van der Waals surface area contributed by atoms with Gasteiger partial charge in [-0.1, -0.05) is 46.3 Å². The van der Waals surface area contributed by atoms with E-state index in [-0.39, 0.29) is 5.91 Å². The van der Waals surface area contributed by atoms with Crippen LogP contribution in [0.2, 0.25) is 0 Å². The Bertz CT molecular complexity index is 1190. The molecule has 1 aliphatic heterocycles. The van der Waals surface area contributed by atoms with Gasteiger partial charge in [-0.25, -0.2) is 0 Å². The minimum atomic E-state index is -0.0422. The van der Waals surface area contributed by atoms with Gasteiger partial charge in [0.25, 0.3) is 5.91 Å². The van der Waals surface area contributed by atoms with E-state index in [4.69, 9.17) is 0 Å². The van der Waals surface area contributed by atoms with Crippen LogP contribution in [0.4, 0.5) is 11.4 Å². The quantitative estimate of drug-likeness (QED) is 0.407. The van der Waals surface area contributed by atoms with Crippen molar-refractivity contribution in [2.24, 2.45) is 17.8 Å². The lowest BCUT2D eigenvalue weighted by molar-refractivity contribution is 0.102. The Morgan fingerprint density at radius 1 is 1.00 bits per heavy atom. The van der Waals surface area contributed by atoms with Gasteiger partial charge < -0.3 is 10.6 Å². The second kappa shape index (κ2) is 7.77. The largest absolute Gasteiger partial charge is 0.378 e. The van der Waals surface area contributed by atoms with Crippen molar-refractivity contribution in [1.82, 2.24) is 0 Å². The van der Waals surface area contributed by atoms with Gasteiger partial charge in [0, 0.05) is 21.4 Å². The highest BCUT2D eigenvalue weighted by atomic mass is 79.9. The maximum absolute atomic E-state index is 13.1. The summed E-state index contributed by atoms with van der Waals surface area (Å²) in [6.07, 6.45) is 3.99. The second-order valence-electron chi connectivity index (χ2n) is 9.69. The predicted octanol–water partition coefficient (Wildman–Crippen LogP) is 7.31. The van der Waals surface area contributed by atoms with Crippen molar-refractivity contribution in [2.45, 2.75) is 38.1 Å². The van der Waals surface area contributed by atoms with Gasteiger partial charge in [0.05, 0.1) is 6.04 Å². The molecule has 6 rings (SSSR count). The van der Waals surface area contributed by atoms with Crippen LogP contribution in [0.3, 0.4) is 0 Å². The van der Waals surface area contributed by atoms with Crippen LogP contribution in [0, 0.1) is 24.7 Å². The molecule has 32 heavy (non-hydrogen) atoms. The first-order valence-electron chi connectivity index (χ1n) is 11.6. The van der Waals surface area contributed by atoms with Gasteiger partial charge in [-0.15, -0.1) is 0 Å². The standard InChI is InChI=1S/C28H27BrN2O/c1-16-13-21(10-11-23(16)29)30-28(32)20-9-12-24-22(15-20)25-18-7-8-19(14-18)26(25)27(31-24)17-5-3-2-4-6-17/h2-6,9-13,15,18-19,25-27,31H,7-8,14H2,1H3,(H,30,32)/t18-,19-,25-,26+,27-/m0/s1. The minimum absolute atomic E-state index is 0.0422. The van der Waals surface area contributed by atoms with E-state index in [1.165, 1.54) is 36.1 Å². The molecule has 162 valence electrons. The van der Waals surface area contributed by atoms with Crippen molar-refractivity contribution in [2.75, 3.05) is 10.6 Å². The summed E-state index contributed by atoms with van der Waals surface area (Å²) < 4.78 is 1.05. The van der Waals surface area contributed by atoms with E-state index in [9.17, 15) is 4.79 Å². The average Bonchev–Trinajstić information content (AvgIpc) is 3.44. The minimum Gasteiger partial charge on any atom is -0.378 e. The van der Waals surface area contributed by atoms with Gasteiger partial charge in [0.2, 0.25) is 0 Å². The summed E-state index contributed by atoms with van der Waals surface area (Å²) in [4.78, 5) is 13.1. The Morgan fingerprint density at radius 2 is 1.81 bits per heavy atom. The van der Waals surface area contributed by atoms with E-state index in [1.54, 1.807) is 0 Å². The average molecular weight is 487 g/mol. The Hall–Kier alpha value is -2.59. The van der Waals surface area contributed by atoms with Gasteiger partial charge >= 0.3 is 0 Å². The Labute approximate surface area is 197 Å². The lowest BCUT2D eigenvalue weighted by Crippen LogP contribution is -2.35. The van der Waals surface area contributed by atoms with Crippen LogP contribution >= 0.6 is 15.9 Å². The molecule has 3 aromatic rings. The predicted molar refractivity (Wildman–Crippen MR) is 133 cm³/mol. The zero-order valence-electron chi connectivity index (χ0n) is 18.1. The fraction of sp³-hybridized carbons (Fsp3) is 0.321. The fourth-order valence-corrected chi connectivity index (χ4v) is 6.79. The van der Waals surface area contributed by atoms with Crippen molar-refractivity contribution < 1.29 is 4.79 Å². The maximum Gasteiger partial charge on any atom is 0.255 e.